The SMILES string of the molecule is CCCOC(=O)N1CCOc2c1cc1c(c2CCC)CCNCC1.O=C(O)/C=C/C(=O)O. The van der Waals surface area contributed by atoms with Gasteiger partial charge in [0.2, 0.25) is 0 Å². The average Bonchev–Trinajstić information content (AvgIpc) is 3.01. The number of carbonyl (C=O) groups excluding carboxylic acids is 1. The molecule has 3 N–H and O–H groups in total. The fourth-order valence-corrected chi connectivity index (χ4v) is 3.73. The van der Waals surface area contributed by atoms with Gasteiger partial charge in [0.1, 0.15) is 12.4 Å². The molecule has 2 aliphatic rings. The van der Waals surface area contributed by atoms with Gasteiger partial charge in [-0.3, -0.25) is 4.90 Å². The number of amides is 1. The van der Waals surface area contributed by atoms with Crippen molar-refractivity contribution in [2.45, 2.75) is 46.0 Å². The van der Waals surface area contributed by atoms with Crippen LogP contribution in [0.3, 0.4) is 0 Å². The number of ether oxygens (including phenoxy) is 2. The van der Waals surface area contributed by atoms with Crippen LogP contribution >= 0.6 is 0 Å². The molecule has 0 bridgehead atoms. The minimum atomic E-state index is -1.26. The van der Waals surface area contributed by atoms with Gasteiger partial charge in [-0.1, -0.05) is 20.3 Å². The van der Waals surface area contributed by atoms with E-state index in [1.165, 1.54) is 16.7 Å². The summed E-state index contributed by atoms with van der Waals surface area (Å²) >= 11 is 0. The summed E-state index contributed by atoms with van der Waals surface area (Å²) in [6, 6.07) is 2.16. The van der Waals surface area contributed by atoms with Crippen molar-refractivity contribution in [1.82, 2.24) is 5.32 Å². The molecule has 9 nitrogen and oxygen atoms in total. The third-order valence-corrected chi connectivity index (χ3v) is 5.06. The Bertz CT molecular complexity index is 835. The zero-order valence-electron chi connectivity index (χ0n) is 18.7. The van der Waals surface area contributed by atoms with Crippen LogP contribution in [0.4, 0.5) is 10.5 Å². The van der Waals surface area contributed by atoms with Crippen molar-refractivity contribution in [3.05, 3.63) is 34.9 Å². The fraction of sp³-hybridized carbons (Fsp3) is 0.522. The first-order valence-electron chi connectivity index (χ1n) is 11.0. The molecule has 1 amide bonds. The number of nitrogens with zero attached hydrogens (tertiary/aromatic N) is 1. The first kappa shape index (κ1) is 25.2. The highest BCUT2D eigenvalue weighted by atomic mass is 16.6. The van der Waals surface area contributed by atoms with E-state index < -0.39 is 11.9 Å². The molecule has 0 atom stereocenters. The summed E-state index contributed by atoms with van der Waals surface area (Å²) in [5, 5.41) is 19.1. The third-order valence-electron chi connectivity index (χ3n) is 5.06. The number of aliphatic carboxylic acids is 2. The van der Waals surface area contributed by atoms with E-state index >= 15 is 0 Å². The molecule has 176 valence electrons. The Hall–Kier alpha value is -3.07. The van der Waals surface area contributed by atoms with Crippen LogP contribution in [-0.4, -0.2) is 61.1 Å². The lowest BCUT2D eigenvalue weighted by Crippen LogP contribution is -2.39. The van der Waals surface area contributed by atoms with Crippen LogP contribution in [0, 0.1) is 0 Å². The van der Waals surface area contributed by atoms with Gasteiger partial charge in [-0.25, -0.2) is 14.4 Å². The maximum absolute atomic E-state index is 12.5. The number of hydrogen-bond acceptors (Lipinski definition) is 6. The lowest BCUT2D eigenvalue weighted by Gasteiger charge is -2.32. The normalized spacial score (nSPS) is 14.9. The predicted molar refractivity (Wildman–Crippen MR) is 120 cm³/mol. The summed E-state index contributed by atoms with van der Waals surface area (Å²) in [5.74, 6) is -1.61. The summed E-state index contributed by atoms with van der Waals surface area (Å²) in [7, 11) is 0. The number of carbonyl (C=O) groups is 3. The van der Waals surface area contributed by atoms with Crippen LogP contribution < -0.4 is 15.0 Å². The highest BCUT2D eigenvalue weighted by molar-refractivity contribution is 5.91. The molecule has 0 aromatic heterocycles. The lowest BCUT2D eigenvalue weighted by atomic mass is 9.92. The van der Waals surface area contributed by atoms with Gasteiger partial charge >= 0.3 is 18.0 Å². The van der Waals surface area contributed by atoms with Gasteiger partial charge in [0.25, 0.3) is 0 Å². The number of carboxylic acid groups (broad SMARTS) is 2. The van der Waals surface area contributed by atoms with E-state index in [2.05, 4.69) is 18.3 Å². The van der Waals surface area contributed by atoms with Crippen molar-refractivity contribution >= 4 is 23.7 Å². The molecule has 0 aliphatic carbocycles. The molecule has 0 spiro atoms. The maximum Gasteiger partial charge on any atom is 0.414 e. The summed E-state index contributed by atoms with van der Waals surface area (Å²) in [5.41, 5.74) is 4.96. The van der Waals surface area contributed by atoms with Gasteiger partial charge in [0.05, 0.1) is 18.8 Å². The number of hydrogen-bond donors (Lipinski definition) is 3. The minimum absolute atomic E-state index is 0.254. The van der Waals surface area contributed by atoms with E-state index in [1.807, 2.05) is 6.92 Å². The summed E-state index contributed by atoms with van der Waals surface area (Å²) in [4.78, 5) is 33.3. The van der Waals surface area contributed by atoms with Crippen LogP contribution in [0.2, 0.25) is 0 Å². The Morgan fingerprint density at radius 3 is 2.44 bits per heavy atom. The number of rotatable bonds is 6. The quantitative estimate of drug-likeness (QED) is 0.567. The van der Waals surface area contributed by atoms with Gasteiger partial charge in [0.15, 0.2) is 0 Å². The fourth-order valence-electron chi connectivity index (χ4n) is 3.73. The Morgan fingerprint density at radius 1 is 1.12 bits per heavy atom. The zero-order valence-corrected chi connectivity index (χ0v) is 18.7. The molecule has 32 heavy (non-hydrogen) atoms. The van der Waals surface area contributed by atoms with Gasteiger partial charge in [-0.2, -0.15) is 0 Å². The number of benzene rings is 1. The molecule has 9 heteroatoms. The van der Waals surface area contributed by atoms with E-state index in [1.54, 1.807) is 4.90 Å². The largest absolute Gasteiger partial charge is 0.489 e. The first-order chi connectivity index (χ1) is 15.4. The predicted octanol–water partition coefficient (Wildman–Crippen LogP) is 2.78. The van der Waals surface area contributed by atoms with Crippen molar-refractivity contribution in [3.63, 3.8) is 0 Å². The average molecular weight is 449 g/mol. The number of anilines is 1. The smallest absolute Gasteiger partial charge is 0.414 e. The van der Waals surface area contributed by atoms with Gasteiger partial charge in [-0.15, -0.1) is 0 Å². The van der Waals surface area contributed by atoms with E-state index in [0.29, 0.717) is 31.9 Å². The first-order valence-corrected chi connectivity index (χ1v) is 11.0. The van der Waals surface area contributed by atoms with Gasteiger partial charge in [0, 0.05) is 12.2 Å². The monoisotopic (exact) mass is 448 g/mol. The topological polar surface area (TPSA) is 125 Å². The van der Waals surface area contributed by atoms with Crippen molar-refractivity contribution in [1.29, 1.82) is 0 Å². The molecular weight excluding hydrogens is 416 g/mol. The summed E-state index contributed by atoms with van der Waals surface area (Å²) in [6.45, 7) is 7.73. The Kier molecular flexibility index (Phi) is 10.0. The Labute approximate surface area is 188 Å². The highest BCUT2D eigenvalue weighted by Crippen LogP contribution is 2.40. The third kappa shape index (κ3) is 6.98. The van der Waals surface area contributed by atoms with Crippen molar-refractivity contribution < 1.29 is 34.1 Å². The molecule has 0 saturated heterocycles. The molecule has 2 heterocycles. The zero-order chi connectivity index (χ0) is 23.5. The minimum Gasteiger partial charge on any atom is -0.489 e. The molecule has 0 fully saturated rings. The van der Waals surface area contributed by atoms with E-state index in [0.717, 1.165) is 56.6 Å². The van der Waals surface area contributed by atoms with E-state index in [-0.39, 0.29) is 6.09 Å². The second kappa shape index (κ2) is 12.7. The lowest BCUT2D eigenvalue weighted by molar-refractivity contribution is -0.134. The molecule has 0 saturated carbocycles. The second-order valence-electron chi connectivity index (χ2n) is 7.47. The summed E-state index contributed by atoms with van der Waals surface area (Å²) < 4.78 is 11.4. The molecule has 0 unspecified atom stereocenters. The van der Waals surface area contributed by atoms with Crippen LogP contribution in [0.5, 0.6) is 5.75 Å². The van der Waals surface area contributed by atoms with Crippen LogP contribution in [0.15, 0.2) is 18.2 Å². The van der Waals surface area contributed by atoms with Crippen molar-refractivity contribution in [2.24, 2.45) is 0 Å². The molecule has 3 rings (SSSR count). The Balaban J connectivity index is 0.000000390. The van der Waals surface area contributed by atoms with Gasteiger partial charge in [-0.05, 0) is 61.5 Å². The van der Waals surface area contributed by atoms with Crippen molar-refractivity contribution in [2.75, 3.05) is 37.7 Å². The number of nitrogens with one attached hydrogen (secondary N) is 1. The van der Waals surface area contributed by atoms with Gasteiger partial charge < -0.3 is 25.0 Å². The second-order valence-corrected chi connectivity index (χ2v) is 7.47. The summed E-state index contributed by atoms with van der Waals surface area (Å²) in [6.07, 6.45) is 5.78. The van der Waals surface area contributed by atoms with Crippen LogP contribution in [-0.2, 0) is 33.6 Å². The molecular formula is C23H32N2O7. The molecule has 2 aliphatic heterocycles. The van der Waals surface area contributed by atoms with E-state index in [4.69, 9.17) is 19.7 Å². The maximum atomic E-state index is 12.5. The van der Waals surface area contributed by atoms with E-state index in [9.17, 15) is 14.4 Å². The van der Waals surface area contributed by atoms with Crippen LogP contribution in [0.1, 0.15) is 43.4 Å². The van der Waals surface area contributed by atoms with Crippen molar-refractivity contribution in [3.8, 4) is 5.75 Å². The number of fused-ring (bicyclic) bond motifs is 2. The molecule has 1 aromatic carbocycles. The number of carboxylic acids is 2. The molecule has 1 aromatic rings. The Morgan fingerprint density at radius 2 is 1.81 bits per heavy atom. The standard InChI is InChI=1S/C19H28N2O3.C4H4O4/c1-3-5-16-15-7-9-20-8-6-14(15)13-17-18(16)23-12-10-21(17)19(22)24-11-4-2;5-3(6)1-2-4(7)8/h13,20H,3-12H2,1-2H3;1-2H,(H,5,6)(H,7,8)/b;2-1+. The van der Waals surface area contributed by atoms with Crippen LogP contribution in [0.25, 0.3) is 0 Å². The molecule has 0 radical (unpaired) electrons. The highest BCUT2D eigenvalue weighted by Gasteiger charge is 2.29.